The summed E-state index contributed by atoms with van der Waals surface area (Å²) in [5, 5.41) is 2.68. The van der Waals surface area contributed by atoms with Crippen LogP contribution in [0, 0.1) is 0 Å². The average Bonchev–Trinajstić information content (AvgIpc) is 2.86. The zero-order chi connectivity index (χ0) is 25.6. The fourth-order valence-corrected chi connectivity index (χ4v) is 4.35. The van der Waals surface area contributed by atoms with Crippen LogP contribution in [0.15, 0.2) is 66.7 Å². The van der Waals surface area contributed by atoms with Crippen LogP contribution in [-0.4, -0.2) is 47.9 Å². The van der Waals surface area contributed by atoms with Crippen molar-refractivity contribution in [2.24, 2.45) is 0 Å². The molecule has 0 fully saturated rings. The fourth-order valence-electron chi connectivity index (χ4n) is 3.46. The first kappa shape index (κ1) is 25.6. The smallest absolute Gasteiger partial charge is 0.339 e. The van der Waals surface area contributed by atoms with Gasteiger partial charge in [0.25, 0.3) is 5.91 Å². The van der Waals surface area contributed by atoms with Crippen molar-refractivity contribution in [3.63, 3.8) is 0 Å². The van der Waals surface area contributed by atoms with Crippen LogP contribution in [0.3, 0.4) is 0 Å². The van der Waals surface area contributed by atoms with E-state index in [4.69, 9.17) is 14.2 Å². The number of hydrogen-bond acceptors (Lipinski definition) is 7. The molecule has 0 spiro atoms. The first-order valence-corrected chi connectivity index (χ1v) is 12.3. The number of carbonyl (C=O) groups excluding carboxylic acids is 2. The highest BCUT2D eigenvalue weighted by Gasteiger charge is 2.27. The van der Waals surface area contributed by atoms with Crippen LogP contribution in [0.25, 0.3) is 0 Å². The minimum absolute atomic E-state index is 0.00340. The monoisotopic (exact) mass is 498 g/mol. The summed E-state index contributed by atoms with van der Waals surface area (Å²) in [5.74, 6) is -0.805. The van der Waals surface area contributed by atoms with Crippen molar-refractivity contribution in [3.05, 3.63) is 83.4 Å². The Bertz CT molecular complexity index is 1320. The van der Waals surface area contributed by atoms with Crippen molar-refractivity contribution in [1.82, 2.24) is 0 Å². The molecule has 3 aromatic carbocycles. The number of methoxy groups -OCH3 is 3. The van der Waals surface area contributed by atoms with Crippen molar-refractivity contribution < 1.29 is 32.2 Å². The molecule has 9 nitrogen and oxygen atoms in total. The Hall–Kier alpha value is -4.05. The van der Waals surface area contributed by atoms with Gasteiger partial charge in [-0.1, -0.05) is 42.5 Å². The number of ether oxygens (including phenoxy) is 3. The number of rotatable bonds is 9. The molecule has 10 heteroatoms. The number of esters is 1. The standard InChI is InChI=1S/C25H26N2O7S/c1-32-22-14-19(24(28)26-20-13-9-8-12-18(20)25(29)34-3)21(15-23(22)33-2)27(35(4,30)31)16-17-10-6-5-7-11-17/h5-15H,16H2,1-4H3,(H,26,28). The summed E-state index contributed by atoms with van der Waals surface area (Å²) in [6.45, 7) is -0.0197. The predicted octanol–water partition coefficient (Wildman–Crippen LogP) is 3.71. The van der Waals surface area contributed by atoms with Gasteiger partial charge in [0.05, 0.1) is 56.6 Å². The summed E-state index contributed by atoms with van der Waals surface area (Å²) in [4.78, 5) is 25.6. The number of sulfonamides is 1. The maximum Gasteiger partial charge on any atom is 0.339 e. The van der Waals surface area contributed by atoms with Crippen molar-refractivity contribution in [2.75, 3.05) is 37.2 Å². The number of benzene rings is 3. The zero-order valence-corrected chi connectivity index (χ0v) is 20.6. The molecular formula is C25H26N2O7S. The van der Waals surface area contributed by atoms with Gasteiger partial charge in [-0.15, -0.1) is 0 Å². The number of nitrogens with one attached hydrogen (secondary N) is 1. The van der Waals surface area contributed by atoms with Gasteiger partial charge >= 0.3 is 5.97 Å². The second kappa shape index (κ2) is 10.9. The molecule has 0 heterocycles. The van der Waals surface area contributed by atoms with Gasteiger partial charge in [0.1, 0.15) is 0 Å². The maximum atomic E-state index is 13.5. The Labute approximate surface area is 204 Å². The normalized spacial score (nSPS) is 10.9. The lowest BCUT2D eigenvalue weighted by atomic mass is 10.1. The molecule has 1 N–H and O–H groups in total. The molecule has 0 aliphatic heterocycles. The van der Waals surface area contributed by atoms with E-state index in [1.54, 1.807) is 42.5 Å². The van der Waals surface area contributed by atoms with E-state index in [0.29, 0.717) is 0 Å². The third-order valence-corrected chi connectivity index (χ3v) is 6.29. The molecule has 184 valence electrons. The fraction of sp³-hybridized carbons (Fsp3) is 0.200. The van der Waals surface area contributed by atoms with Crippen molar-refractivity contribution in [1.29, 1.82) is 0 Å². The van der Waals surface area contributed by atoms with Gasteiger partial charge in [-0.3, -0.25) is 9.10 Å². The third-order valence-electron chi connectivity index (χ3n) is 5.17. The first-order valence-electron chi connectivity index (χ1n) is 10.5. The second-order valence-corrected chi connectivity index (χ2v) is 9.38. The molecule has 0 aromatic heterocycles. The molecule has 0 saturated carbocycles. The Kier molecular flexibility index (Phi) is 7.98. The van der Waals surface area contributed by atoms with E-state index < -0.39 is 21.9 Å². The van der Waals surface area contributed by atoms with Gasteiger partial charge in [0.2, 0.25) is 10.0 Å². The topological polar surface area (TPSA) is 111 Å². The summed E-state index contributed by atoms with van der Waals surface area (Å²) in [6, 6.07) is 18.1. The van der Waals surface area contributed by atoms with Crippen LogP contribution < -0.4 is 19.1 Å². The zero-order valence-electron chi connectivity index (χ0n) is 19.8. The summed E-state index contributed by atoms with van der Waals surface area (Å²) >= 11 is 0. The number of anilines is 2. The minimum Gasteiger partial charge on any atom is -0.493 e. The molecule has 0 aliphatic carbocycles. The van der Waals surface area contributed by atoms with Crippen LogP contribution in [-0.2, 0) is 21.3 Å². The first-order chi connectivity index (χ1) is 16.7. The third kappa shape index (κ3) is 5.90. The van der Waals surface area contributed by atoms with Gasteiger partial charge in [-0.25, -0.2) is 13.2 Å². The van der Waals surface area contributed by atoms with E-state index in [0.717, 1.165) is 16.1 Å². The molecule has 0 saturated heterocycles. The quantitative estimate of drug-likeness (QED) is 0.448. The number of nitrogens with zero attached hydrogens (tertiary/aromatic N) is 1. The lowest BCUT2D eigenvalue weighted by molar-refractivity contribution is 0.0602. The van der Waals surface area contributed by atoms with E-state index >= 15 is 0 Å². The van der Waals surface area contributed by atoms with Crippen LogP contribution >= 0.6 is 0 Å². The van der Waals surface area contributed by atoms with E-state index in [1.807, 2.05) is 6.07 Å². The summed E-state index contributed by atoms with van der Waals surface area (Å²) in [7, 11) is 0.224. The molecule has 0 atom stereocenters. The molecule has 35 heavy (non-hydrogen) atoms. The molecular weight excluding hydrogens is 472 g/mol. The summed E-state index contributed by atoms with van der Waals surface area (Å²) in [6.07, 6.45) is 1.06. The van der Waals surface area contributed by atoms with Crippen molar-refractivity contribution >= 4 is 33.3 Å². The molecule has 3 aromatic rings. The van der Waals surface area contributed by atoms with E-state index in [9.17, 15) is 18.0 Å². The lowest BCUT2D eigenvalue weighted by Gasteiger charge is -2.26. The summed E-state index contributed by atoms with van der Waals surface area (Å²) in [5.41, 5.74) is 1.16. The Morgan fingerprint density at radius 2 is 1.46 bits per heavy atom. The predicted molar refractivity (Wildman–Crippen MR) is 133 cm³/mol. The van der Waals surface area contributed by atoms with Crippen molar-refractivity contribution in [2.45, 2.75) is 6.54 Å². The summed E-state index contributed by atoms with van der Waals surface area (Å²) < 4.78 is 42.4. The maximum absolute atomic E-state index is 13.5. The molecule has 0 bridgehead atoms. The van der Waals surface area contributed by atoms with E-state index in [2.05, 4.69) is 5.32 Å². The largest absolute Gasteiger partial charge is 0.493 e. The van der Waals surface area contributed by atoms with Gasteiger partial charge in [-0.05, 0) is 23.8 Å². The highest BCUT2D eigenvalue weighted by atomic mass is 32.2. The van der Waals surface area contributed by atoms with E-state index in [-0.39, 0.29) is 40.5 Å². The van der Waals surface area contributed by atoms with Crippen LogP contribution in [0.4, 0.5) is 11.4 Å². The number of amides is 1. The molecule has 1 amide bonds. The van der Waals surface area contributed by atoms with Gasteiger partial charge in [0, 0.05) is 6.07 Å². The number of para-hydroxylation sites is 1. The van der Waals surface area contributed by atoms with E-state index in [1.165, 1.54) is 39.5 Å². The molecule has 0 radical (unpaired) electrons. The number of hydrogen-bond donors (Lipinski definition) is 1. The highest BCUT2D eigenvalue weighted by molar-refractivity contribution is 7.92. The number of carbonyl (C=O) groups is 2. The van der Waals surface area contributed by atoms with Crippen LogP contribution in [0.1, 0.15) is 26.3 Å². The Morgan fingerprint density at radius 1 is 0.857 bits per heavy atom. The minimum atomic E-state index is -3.83. The lowest BCUT2D eigenvalue weighted by Crippen LogP contribution is -2.31. The van der Waals surface area contributed by atoms with Gasteiger partial charge in [0.15, 0.2) is 11.5 Å². The average molecular weight is 499 g/mol. The van der Waals surface area contributed by atoms with Gasteiger partial charge in [-0.2, -0.15) is 0 Å². The van der Waals surface area contributed by atoms with Crippen LogP contribution in [0.5, 0.6) is 11.5 Å². The highest BCUT2D eigenvalue weighted by Crippen LogP contribution is 2.37. The van der Waals surface area contributed by atoms with Gasteiger partial charge < -0.3 is 19.5 Å². The van der Waals surface area contributed by atoms with Crippen molar-refractivity contribution in [3.8, 4) is 11.5 Å². The Morgan fingerprint density at radius 3 is 2.06 bits per heavy atom. The molecule has 0 unspecified atom stereocenters. The van der Waals surface area contributed by atoms with Crippen LogP contribution in [0.2, 0.25) is 0 Å². The SMILES string of the molecule is COC(=O)c1ccccc1NC(=O)c1cc(OC)c(OC)cc1N(Cc1ccccc1)S(C)(=O)=O. The Balaban J connectivity index is 2.15. The molecule has 3 rings (SSSR count). The second-order valence-electron chi connectivity index (χ2n) is 7.47. The molecule has 0 aliphatic rings.